The first-order valence-corrected chi connectivity index (χ1v) is 7.65. The van der Waals surface area contributed by atoms with Gasteiger partial charge in [0, 0.05) is 13.2 Å². The van der Waals surface area contributed by atoms with Crippen LogP contribution < -0.4 is 0 Å². The molecule has 0 aromatic heterocycles. The number of aliphatic hydroxyl groups is 1. The average molecular weight is 292 g/mol. The van der Waals surface area contributed by atoms with Crippen molar-refractivity contribution >= 4 is 5.97 Å². The normalized spacial score (nSPS) is 17.4. The van der Waals surface area contributed by atoms with E-state index in [1.165, 1.54) is 13.5 Å². The zero-order chi connectivity index (χ0) is 15.1. The summed E-state index contributed by atoms with van der Waals surface area (Å²) >= 11 is 0. The number of rotatable bonds is 6. The molecule has 1 aliphatic carbocycles. The van der Waals surface area contributed by atoms with Crippen LogP contribution in [0.1, 0.15) is 54.4 Å². The number of methoxy groups -OCH3 is 1. The molecule has 4 nitrogen and oxygen atoms in total. The van der Waals surface area contributed by atoms with Crippen LogP contribution >= 0.6 is 0 Å². The number of benzene rings is 1. The zero-order valence-electron chi connectivity index (χ0n) is 12.6. The lowest BCUT2D eigenvalue weighted by molar-refractivity contribution is -0.0793. The third-order valence-electron chi connectivity index (χ3n) is 4.17. The minimum Gasteiger partial charge on any atom is -0.465 e. The van der Waals surface area contributed by atoms with E-state index < -0.39 is 0 Å². The zero-order valence-corrected chi connectivity index (χ0v) is 12.6. The number of esters is 1. The highest BCUT2D eigenvalue weighted by molar-refractivity contribution is 5.89. The first-order valence-electron chi connectivity index (χ1n) is 7.65. The maximum absolute atomic E-state index is 11.5. The highest BCUT2D eigenvalue weighted by Crippen LogP contribution is 2.40. The summed E-state index contributed by atoms with van der Waals surface area (Å²) < 4.78 is 10.9. The summed E-state index contributed by atoms with van der Waals surface area (Å²) in [7, 11) is 1.39. The number of carbonyl (C=O) groups excluding carboxylic acids is 1. The Bertz CT molecular complexity index is 446. The molecule has 0 radical (unpaired) electrons. The van der Waals surface area contributed by atoms with E-state index in [0.29, 0.717) is 18.6 Å². The molecule has 0 amide bonds. The van der Waals surface area contributed by atoms with E-state index in [9.17, 15) is 4.79 Å². The van der Waals surface area contributed by atoms with E-state index in [1.807, 2.05) is 12.1 Å². The largest absolute Gasteiger partial charge is 0.465 e. The fraction of sp³-hybridized carbons (Fsp3) is 0.588. The number of carbonyl (C=O) groups is 1. The van der Waals surface area contributed by atoms with Crippen LogP contribution in [-0.2, 0) is 15.1 Å². The van der Waals surface area contributed by atoms with E-state index in [0.717, 1.165) is 31.2 Å². The average Bonchev–Trinajstić information content (AvgIpc) is 2.55. The molecule has 1 aliphatic rings. The molecular formula is C17H24O4. The Morgan fingerprint density at radius 3 is 2.43 bits per heavy atom. The van der Waals surface area contributed by atoms with Gasteiger partial charge in [-0.2, -0.15) is 0 Å². The van der Waals surface area contributed by atoms with Crippen LogP contribution in [0.5, 0.6) is 0 Å². The van der Waals surface area contributed by atoms with Gasteiger partial charge in [-0.1, -0.05) is 31.4 Å². The lowest BCUT2D eigenvalue weighted by Crippen LogP contribution is -2.33. The van der Waals surface area contributed by atoms with Crippen LogP contribution in [0.4, 0.5) is 0 Å². The summed E-state index contributed by atoms with van der Waals surface area (Å²) in [5.41, 5.74) is 1.41. The second-order valence-corrected chi connectivity index (χ2v) is 5.55. The lowest BCUT2D eigenvalue weighted by atomic mass is 9.79. The van der Waals surface area contributed by atoms with E-state index in [-0.39, 0.29) is 18.2 Å². The Morgan fingerprint density at radius 2 is 1.86 bits per heavy atom. The molecule has 1 N–H and O–H groups in total. The van der Waals surface area contributed by atoms with Crippen molar-refractivity contribution < 1.29 is 19.4 Å². The molecule has 0 spiro atoms. The maximum atomic E-state index is 11.5. The van der Waals surface area contributed by atoms with E-state index >= 15 is 0 Å². The van der Waals surface area contributed by atoms with Crippen LogP contribution in [0.25, 0.3) is 0 Å². The monoisotopic (exact) mass is 292 g/mol. The highest BCUT2D eigenvalue weighted by Gasteiger charge is 2.34. The molecule has 0 atom stereocenters. The Balaban J connectivity index is 2.17. The third kappa shape index (κ3) is 3.83. The number of hydrogen-bond acceptors (Lipinski definition) is 4. The number of aliphatic hydroxyl groups excluding tert-OH is 1. The van der Waals surface area contributed by atoms with Gasteiger partial charge in [0.1, 0.15) is 0 Å². The molecule has 0 bridgehead atoms. The van der Waals surface area contributed by atoms with E-state index in [2.05, 4.69) is 0 Å². The quantitative estimate of drug-likeness (QED) is 0.647. The van der Waals surface area contributed by atoms with Crippen LogP contribution in [0.3, 0.4) is 0 Å². The van der Waals surface area contributed by atoms with Gasteiger partial charge in [0.15, 0.2) is 0 Å². The van der Waals surface area contributed by atoms with Crippen molar-refractivity contribution in [3.8, 4) is 0 Å². The van der Waals surface area contributed by atoms with Crippen molar-refractivity contribution in [3.05, 3.63) is 35.4 Å². The van der Waals surface area contributed by atoms with Gasteiger partial charge in [0.25, 0.3) is 0 Å². The topological polar surface area (TPSA) is 55.8 Å². The van der Waals surface area contributed by atoms with Gasteiger partial charge in [0.2, 0.25) is 0 Å². The molecule has 2 rings (SSSR count). The summed E-state index contributed by atoms with van der Waals surface area (Å²) in [6.07, 6.45) is 6.19. The molecular weight excluding hydrogens is 268 g/mol. The first-order chi connectivity index (χ1) is 10.2. The fourth-order valence-corrected chi connectivity index (χ4v) is 3.00. The molecule has 0 heterocycles. The molecule has 0 aliphatic heterocycles. The molecule has 0 unspecified atom stereocenters. The van der Waals surface area contributed by atoms with Gasteiger partial charge >= 0.3 is 5.97 Å². The van der Waals surface area contributed by atoms with Gasteiger partial charge in [0.05, 0.1) is 18.3 Å². The van der Waals surface area contributed by atoms with Gasteiger partial charge in [-0.25, -0.2) is 4.79 Å². The van der Waals surface area contributed by atoms with Crippen molar-refractivity contribution in [3.63, 3.8) is 0 Å². The SMILES string of the molecule is COC(=O)c1ccc(C2(OCCCO)CCCCC2)cc1. The Kier molecular flexibility index (Phi) is 5.76. The summed E-state index contributed by atoms with van der Waals surface area (Å²) in [6, 6.07) is 7.53. The molecule has 0 saturated heterocycles. The minimum atomic E-state index is -0.319. The summed E-state index contributed by atoms with van der Waals surface area (Å²) in [4.78, 5) is 11.5. The van der Waals surface area contributed by atoms with Crippen LogP contribution in [0.2, 0.25) is 0 Å². The first kappa shape index (κ1) is 16.0. The fourth-order valence-electron chi connectivity index (χ4n) is 3.00. The lowest BCUT2D eigenvalue weighted by Gasteiger charge is -2.38. The Hall–Kier alpha value is -1.39. The van der Waals surface area contributed by atoms with Crippen LogP contribution in [0, 0.1) is 0 Å². The Morgan fingerprint density at radius 1 is 1.19 bits per heavy atom. The predicted octanol–water partition coefficient (Wildman–Crippen LogP) is 3.03. The maximum Gasteiger partial charge on any atom is 0.337 e. The standard InChI is InChI=1S/C17H24O4/c1-20-16(19)14-6-8-15(9-7-14)17(21-13-5-12-18)10-3-2-4-11-17/h6-9,18H,2-5,10-13H2,1H3. The van der Waals surface area contributed by atoms with E-state index in [4.69, 9.17) is 14.6 Å². The molecule has 1 aromatic rings. The second kappa shape index (κ2) is 7.57. The molecule has 1 saturated carbocycles. The minimum absolute atomic E-state index is 0.150. The summed E-state index contributed by atoms with van der Waals surface area (Å²) in [6.45, 7) is 0.715. The molecule has 21 heavy (non-hydrogen) atoms. The number of ether oxygens (including phenoxy) is 2. The van der Waals surface area contributed by atoms with Crippen molar-refractivity contribution in [1.29, 1.82) is 0 Å². The Labute approximate surface area is 126 Å². The van der Waals surface area contributed by atoms with Gasteiger partial charge in [-0.3, -0.25) is 0 Å². The van der Waals surface area contributed by atoms with Crippen molar-refractivity contribution in [2.45, 2.75) is 44.1 Å². The van der Waals surface area contributed by atoms with E-state index in [1.54, 1.807) is 12.1 Å². The molecule has 116 valence electrons. The van der Waals surface area contributed by atoms with Crippen molar-refractivity contribution in [2.75, 3.05) is 20.3 Å². The third-order valence-corrected chi connectivity index (χ3v) is 4.17. The summed E-state index contributed by atoms with van der Waals surface area (Å²) in [5.74, 6) is -0.319. The molecule has 1 aromatic carbocycles. The number of hydrogen-bond donors (Lipinski definition) is 1. The molecule has 1 fully saturated rings. The summed E-state index contributed by atoms with van der Waals surface area (Å²) in [5, 5.41) is 8.94. The van der Waals surface area contributed by atoms with Crippen LogP contribution in [0.15, 0.2) is 24.3 Å². The van der Waals surface area contributed by atoms with Crippen molar-refractivity contribution in [1.82, 2.24) is 0 Å². The second-order valence-electron chi connectivity index (χ2n) is 5.55. The predicted molar refractivity (Wildman–Crippen MR) is 80.2 cm³/mol. The van der Waals surface area contributed by atoms with Crippen molar-refractivity contribution in [2.24, 2.45) is 0 Å². The smallest absolute Gasteiger partial charge is 0.337 e. The van der Waals surface area contributed by atoms with Gasteiger partial charge < -0.3 is 14.6 Å². The van der Waals surface area contributed by atoms with Crippen LogP contribution in [-0.4, -0.2) is 31.4 Å². The molecule has 4 heteroatoms. The van der Waals surface area contributed by atoms with Gasteiger partial charge in [-0.15, -0.1) is 0 Å². The van der Waals surface area contributed by atoms with Gasteiger partial charge in [-0.05, 0) is 37.0 Å². The highest BCUT2D eigenvalue weighted by atomic mass is 16.5.